The Morgan fingerprint density at radius 2 is 1.85 bits per heavy atom. The lowest BCUT2D eigenvalue weighted by Crippen LogP contribution is -2.33. The molecule has 0 aliphatic rings. The lowest BCUT2D eigenvalue weighted by atomic mass is 10.1. The number of nitrogens with zero attached hydrogens (tertiary/aromatic N) is 1. The van der Waals surface area contributed by atoms with Crippen molar-refractivity contribution in [1.82, 2.24) is 14.9 Å². The van der Waals surface area contributed by atoms with E-state index >= 15 is 0 Å². The summed E-state index contributed by atoms with van der Waals surface area (Å²) in [7, 11) is 0. The Bertz CT molecular complexity index is 1070. The molecule has 0 radical (unpaired) electrons. The van der Waals surface area contributed by atoms with Crippen molar-refractivity contribution < 1.29 is 4.79 Å². The fourth-order valence-electron chi connectivity index (χ4n) is 2.90. The van der Waals surface area contributed by atoms with Gasteiger partial charge < -0.3 is 5.32 Å². The summed E-state index contributed by atoms with van der Waals surface area (Å²) < 4.78 is 1.40. The zero-order chi connectivity index (χ0) is 18.7. The molecule has 0 aliphatic heterocycles. The molecular weight excluding hydrogens is 354 g/mol. The largest absolute Gasteiger partial charge is 0.349 e. The number of hydrogen-bond acceptors (Lipinski definition) is 3. The molecule has 26 heavy (non-hydrogen) atoms. The van der Waals surface area contributed by atoms with Crippen LogP contribution in [-0.4, -0.2) is 15.5 Å². The zero-order valence-electron chi connectivity index (χ0n) is 14.2. The molecule has 7 heteroatoms. The molecular formula is C19H18ClN3O3. The molecule has 3 rings (SSSR count). The lowest BCUT2D eigenvalue weighted by molar-refractivity contribution is -0.121. The van der Waals surface area contributed by atoms with Crippen LogP contribution in [0.5, 0.6) is 0 Å². The van der Waals surface area contributed by atoms with Crippen molar-refractivity contribution in [3.05, 3.63) is 80.0 Å². The Labute approximate surface area is 154 Å². The van der Waals surface area contributed by atoms with Crippen molar-refractivity contribution in [1.29, 1.82) is 0 Å². The summed E-state index contributed by atoms with van der Waals surface area (Å²) in [5.41, 5.74) is 0.377. The highest BCUT2D eigenvalue weighted by atomic mass is 35.5. The third kappa shape index (κ3) is 3.70. The summed E-state index contributed by atoms with van der Waals surface area (Å²) in [5.74, 6) is -0.209. The van der Waals surface area contributed by atoms with Crippen molar-refractivity contribution in [2.24, 2.45) is 0 Å². The molecule has 2 aromatic carbocycles. The van der Waals surface area contributed by atoms with Gasteiger partial charge in [0, 0.05) is 18.0 Å². The minimum Gasteiger partial charge on any atom is -0.349 e. The Morgan fingerprint density at radius 3 is 2.62 bits per heavy atom. The van der Waals surface area contributed by atoms with Crippen LogP contribution in [0.3, 0.4) is 0 Å². The molecule has 0 spiro atoms. The van der Waals surface area contributed by atoms with Crippen LogP contribution >= 0.6 is 11.6 Å². The molecule has 1 aromatic heterocycles. The molecule has 0 saturated heterocycles. The number of aromatic amines is 1. The van der Waals surface area contributed by atoms with Crippen LogP contribution in [0.4, 0.5) is 0 Å². The number of H-pyrrole nitrogens is 1. The van der Waals surface area contributed by atoms with Crippen LogP contribution in [0.15, 0.2) is 58.1 Å². The fraction of sp³-hybridized carbons (Fsp3) is 0.211. The number of carbonyl (C=O) groups is 1. The fourth-order valence-corrected chi connectivity index (χ4v) is 3.19. The van der Waals surface area contributed by atoms with Crippen LogP contribution in [0, 0.1) is 0 Å². The molecule has 0 aliphatic carbocycles. The Balaban J connectivity index is 1.75. The van der Waals surface area contributed by atoms with Crippen LogP contribution < -0.4 is 16.6 Å². The number of fused-ring (bicyclic) bond motifs is 1. The van der Waals surface area contributed by atoms with Crippen LogP contribution in [0.1, 0.15) is 24.9 Å². The molecule has 1 heterocycles. The molecule has 1 amide bonds. The predicted octanol–water partition coefficient (Wildman–Crippen LogP) is 2.61. The van der Waals surface area contributed by atoms with Crippen molar-refractivity contribution in [2.45, 2.75) is 25.9 Å². The molecule has 134 valence electrons. The molecule has 0 unspecified atom stereocenters. The van der Waals surface area contributed by atoms with Gasteiger partial charge in [0.05, 0.1) is 16.9 Å². The van der Waals surface area contributed by atoms with Gasteiger partial charge >= 0.3 is 5.69 Å². The van der Waals surface area contributed by atoms with Gasteiger partial charge in [-0.05, 0) is 30.7 Å². The van der Waals surface area contributed by atoms with Gasteiger partial charge in [0.2, 0.25) is 5.91 Å². The molecule has 0 bridgehead atoms. The number of nitrogens with one attached hydrogen (secondary N) is 2. The van der Waals surface area contributed by atoms with E-state index < -0.39 is 11.2 Å². The minimum absolute atomic E-state index is 0.102. The quantitative estimate of drug-likeness (QED) is 0.723. The third-order valence-corrected chi connectivity index (χ3v) is 4.56. The predicted molar refractivity (Wildman–Crippen MR) is 101 cm³/mol. The van der Waals surface area contributed by atoms with E-state index in [0.29, 0.717) is 15.9 Å². The van der Waals surface area contributed by atoms with Crippen molar-refractivity contribution >= 4 is 28.4 Å². The van der Waals surface area contributed by atoms with E-state index in [1.165, 1.54) is 4.57 Å². The second-order valence-electron chi connectivity index (χ2n) is 5.99. The number of halogens is 1. The number of para-hydroxylation sites is 1. The van der Waals surface area contributed by atoms with Gasteiger partial charge in [0.1, 0.15) is 0 Å². The summed E-state index contributed by atoms with van der Waals surface area (Å²) in [6.07, 6.45) is 0.102. The van der Waals surface area contributed by atoms with E-state index in [1.54, 1.807) is 30.3 Å². The monoisotopic (exact) mass is 371 g/mol. The first-order valence-corrected chi connectivity index (χ1v) is 8.61. The molecule has 1 atom stereocenters. The SMILES string of the molecule is C[C@@H](NC(=O)CCn1c(=O)[nH]c(=O)c2ccccc21)c1ccccc1Cl. The van der Waals surface area contributed by atoms with Crippen molar-refractivity contribution in [3.63, 3.8) is 0 Å². The molecule has 2 N–H and O–H groups in total. The average molecular weight is 372 g/mol. The molecule has 0 saturated carbocycles. The average Bonchev–Trinajstić information content (AvgIpc) is 2.61. The number of hydrogen-bond donors (Lipinski definition) is 2. The number of carbonyl (C=O) groups excluding carboxylic acids is 1. The maximum Gasteiger partial charge on any atom is 0.328 e. The van der Waals surface area contributed by atoms with Gasteiger partial charge in [-0.15, -0.1) is 0 Å². The van der Waals surface area contributed by atoms with Gasteiger partial charge in [0.15, 0.2) is 0 Å². The van der Waals surface area contributed by atoms with Crippen LogP contribution in [0.25, 0.3) is 10.9 Å². The Hall–Kier alpha value is -2.86. The Morgan fingerprint density at radius 1 is 1.15 bits per heavy atom. The summed E-state index contributed by atoms with van der Waals surface area (Å²) in [6, 6.07) is 13.9. The highest BCUT2D eigenvalue weighted by Crippen LogP contribution is 2.22. The molecule has 0 fully saturated rings. The highest BCUT2D eigenvalue weighted by molar-refractivity contribution is 6.31. The number of amides is 1. The van der Waals surface area contributed by atoms with Gasteiger partial charge in [-0.3, -0.25) is 19.1 Å². The van der Waals surface area contributed by atoms with E-state index in [4.69, 9.17) is 11.6 Å². The summed E-state index contributed by atoms with van der Waals surface area (Å²) >= 11 is 6.15. The summed E-state index contributed by atoms with van der Waals surface area (Å²) in [4.78, 5) is 38.5. The smallest absolute Gasteiger partial charge is 0.328 e. The van der Waals surface area contributed by atoms with Gasteiger partial charge in [-0.2, -0.15) is 0 Å². The molecule has 6 nitrogen and oxygen atoms in total. The zero-order valence-corrected chi connectivity index (χ0v) is 14.9. The third-order valence-electron chi connectivity index (χ3n) is 4.22. The number of aromatic nitrogens is 2. The van der Waals surface area contributed by atoms with Gasteiger partial charge in [0.25, 0.3) is 5.56 Å². The first kappa shape index (κ1) is 17.9. The van der Waals surface area contributed by atoms with Crippen molar-refractivity contribution in [2.75, 3.05) is 0 Å². The van der Waals surface area contributed by atoms with Crippen molar-refractivity contribution in [3.8, 4) is 0 Å². The number of benzene rings is 2. The van der Waals surface area contributed by atoms with Crippen LogP contribution in [-0.2, 0) is 11.3 Å². The van der Waals surface area contributed by atoms with E-state index in [2.05, 4.69) is 10.3 Å². The summed E-state index contributed by atoms with van der Waals surface area (Å²) in [5, 5.41) is 3.88. The summed E-state index contributed by atoms with van der Waals surface area (Å²) in [6.45, 7) is 2.01. The van der Waals surface area contributed by atoms with E-state index in [1.807, 2.05) is 25.1 Å². The lowest BCUT2D eigenvalue weighted by Gasteiger charge is -2.16. The highest BCUT2D eigenvalue weighted by Gasteiger charge is 2.13. The topological polar surface area (TPSA) is 84.0 Å². The second kappa shape index (κ2) is 7.58. The Kier molecular flexibility index (Phi) is 5.23. The van der Waals surface area contributed by atoms with Crippen LogP contribution in [0.2, 0.25) is 5.02 Å². The normalized spacial score (nSPS) is 12.1. The van der Waals surface area contributed by atoms with E-state index in [-0.39, 0.29) is 24.9 Å². The maximum atomic E-state index is 12.3. The van der Waals surface area contributed by atoms with E-state index in [0.717, 1.165) is 5.56 Å². The first-order chi connectivity index (χ1) is 12.5. The number of rotatable bonds is 5. The van der Waals surface area contributed by atoms with E-state index in [9.17, 15) is 14.4 Å². The van der Waals surface area contributed by atoms with Gasteiger partial charge in [-0.25, -0.2) is 4.79 Å². The second-order valence-corrected chi connectivity index (χ2v) is 6.40. The first-order valence-electron chi connectivity index (χ1n) is 8.23. The minimum atomic E-state index is -0.527. The standard InChI is InChI=1S/C19H18ClN3O3/c1-12(13-6-2-4-8-15(13)20)21-17(24)10-11-23-16-9-5-3-7-14(16)18(25)22-19(23)26/h2-9,12H,10-11H2,1H3,(H,21,24)(H,22,25,26)/t12-/m1/s1. The molecule has 3 aromatic rings. The maximum absolute atomic E-state index is 12.3. The van der Waals surface area contributed by atoms with Gasteiger partial charge in [-0.1, -0.05) is 41.9 Å². The number of aryl methyl sites for hydroxylation is 1.